The highest BCUT2D eigenvalue weighted by molar-refractivity contribution is 6.14. The third-order valence-electron chi connectivity index (χ3n) is 4.64. The van der Waals surface area contributed by atoms with Crippen molar-refractivity contribution in [1.29, 1.82) is 5.26 Å². The SMILES string of the molecule is [C-]#[N+]/N=c1\c2cc(F)ccc2c2nc3c(=NC#N)c4cc(F)ccc4c3nc12. The van der Waals surface area contributed by atoms with Gasteiger partial charge in [-0.1, -0.05) is 0 Å². The second kappa shape index (κ2) is 5.60. The van der Waals surface area contributed by atoms with Gasteiger partial charge in [0.1, 0.15) is 28.0 Å². The van der Waals surface area contributed by atoms with Crippen molar-refractivity contribution >= 4 is 43.6 Å². The van der Waals surface area contributed by atoms with E-state index in [2.05, 4.69) is 25.0 Å². The van der Waals surface area contributed by atoms with Crippen molar-refractivity contribution in [1.82, 2.24) is 9.97 Å². The number of aromatic nitrogens is 2. The van der Waals surface area contributed by atoms with Crippen LogP contribution in [-0.4, -0.2) is 9.97 Å². The third-order valence-corrected chi connectivity index (χ3v) is 4.64. The van der Waals surface area contributed by atoms with Crippen molar-refractivity contribution in [3.8, 4) is 6.19 Å². The molecule has 0 amide bonds. The van der Waals surface area contributed by atoms with Crippen LogP contribution in [0.3, 0.4) is 0 Å². The maximum atomic E-state index is 13.8. The van der Waals surface area contributed by atoms with Gasteiger partial charge in [-0.05, 0) is 36.4 Å². The highest BCUT2D eigenvalue weighted by atomic mass is 19.1. The van der Waals surface area contributed by atoms with Crippen molar-refractivity contribution in [2.75, 3.05) is 0 Å². The van der Waals surface area contributed by atoms with Gasteiger partial charge in [-0.25, -0.2) is 18.7 Å². The first-order chi connectivity index (χ1) is 13.6. The molecule has 6 nitrogen and oxygen atoms in total. The number of hydrogen-bond donors (Lipinski definition) is 0. The van der Waals surface area contributed by atoms with Crippen LogP contribution >= 0.6 is 0 Å². The summed E-state index contributed by atoms with van der Waals surface area (Å²) in [5, 5.41) is 15.3. The van der Waals surface area contributed by atoms with Crippen molar-refractivity contribution in [3.05, 3.63) is 70.3 Å². The number of benzene rings is 2. The van der Waals surface area contributed by atoms with Crippen LogP contribution in [0.25, 0.3) is 48.6 Å². The molecule has 0 saturated heterocycles. The molecule has 0 spiro atoms. The lowest BCUT2D eigenvalue weighted by molar-refractivity contribution is 0.629. The Morgan fingerprint density at radius 2 is 1.36 bits per heavy atom. The Balaban J connectivity index is 2.12. The van der Waals surface area contributed by atoms with E-state index < -0.39 is 11.6 Å². The maximum Gasteiger partial charge on any atom is 0.206 e. The Morgan fingerprint density at radius 1 is 0.821 bits per heavy atom. The minimum Gasteiger partial charge on any atom is -0.241 e. The van der Waals surface area contributed by atoms with Crippen LogP contribution in [0.1, 0.15) is 0 Å². The molecule has 0 bridgehead atoms. The van der Waals surface area contributed by atoms with E-state index in [-0.39, 0.29) is 10.7 Å². The van der Waals surface area contributed by atoms with Gasteiger partial charge >= 0.3 is 0 Å². The molecule has 0 atom stereocenters. The van der Waals surface area contributed by atoms with E-state index in [1.807, 2.05) is 0 Å². The molecule has 4 aromatic carbocycles. The number of nitrogens with zero attached hydrogens (tertiary/aromatic N) is 6. The fraction of sp³-hybridized carbons (Fsp3) is 0. The number of fused-ring (bicyclic) bond motifs is 6. The maximum absolute atomic E-state index is 13.8. The number of hydrogen-bond acceptors (Lipinski definition) is 5. The Kier molecular flexibility index (Phi) is 3.18. The van der Waals surface area contributed by atoms with E-state index >= 15 is 0 Å². The molecular weight excluding hydrogens is 362 g/mol. The molecule has 0 aliphatic rings. The van der Waals surface area contributed by atoms with Crippen molar-refractivity contribution in [3.63, 3.8) is 0 Å². The summed E-state index contributed by atoms with van der Waals surface area (Å²) in [5.41, 5.74) is 1.49. The predicted molar refractivity (Wildman–Crippen MR) is 97.7 cm³/mol. The summed E-state index contributed by atoms with van der Waals surface area (Å²) < 4.78 is 27.5. The molecule has 0 N–H and O–H groups in total. The Morgan fingerprint density at radius 3 is 1.89 bits per heavy atom. The molecule has 5 aromatic rings. The smallest absolute Gasteiger partial charge is 0.206 e. The minimum absolute atomic E-state index is 0.224. The van der Waals surface area contributed by atoms with Crippen LogP contribution in [0.5, 0.6) is 0 Å². The summed E-state index contributed by atoms with van der Waals surface area (Å²) in [7, 11) is 0. The summed E-state index contributed by atoms with van der Waals surface area (Å²) in [6, 6.07) is 8.20. The van der Waals surface area contributed by atoms with Crippen molar-refractivity contribution in [2.45, 2.75) is 0 Å². The average Bonchev–Trinajstić information content (AvgIpc) is 3.13. The van der Waals surface area contributed by atoms with Gasteiger partial charge in [-0.3, -0.25) is 0 Å². The number of halogens is 2. The predicted octanol–water partition coefficient (Wildman–Crippen LogP) is 3.36. The quantitative estimate of drug-likeness (QED) is 0.239. The van der Waals surface area contributed by atoms with Crippen molar-refractivity contribution < 1.29 is 8.78 Å². The summed E-state index contributed by atoms with van der Waals surface area (Å²) in [4.78, 5) is 16.1. The van der Waals surface area contributed by atoms with Crippen LogP contribution in [0.4, 0.5) is 8.78 Å². The molecule has 28 heavy (non-hydrogen) atoms. The lowest BCUT2D eigenvalue weighted by Gasteiger charge is -1.94. The zero-order chi connectivity index (χ0) is 19.4. The van der Waals surface area contributed by atoms with Gasteiger partial charge in [0.15, 0.2) is 5.36 Å². The number of nitriles is 1. The van der Waals surface area contributed by atoms with Crippen LogP contribution in [0.2, 0.25) is 0 Å². The summed E-state index contributed by atoms with van der Waals surface area (Å²) >= 11 is 0. The molecule has 0 unspecified atom stereocenters. The highest BCUT2D eigenvalue weighted by Crippen LogP contribution is 2.28. The van der Waals surface area contributed by atoms with Gasteiger partial charge < -0.3 is 0 Å². The first-order valence-corrected chi connectivity index (χ1v) is 8.07. The van der Waals surface area contributed by atoms with Gasteiger partial charge in [-0.2, -0.15) is 16.8 Å². The van der Waals surface area contributed by atoms with Crippen LogP contribution in [-0.2, 0) is 0 Å². The van der Waals surface area contributed by atoms with Crippen LogP contribution in [0.15, 0.2) is 46.5 Å². The van der Waals surface area contributed by atoms with Gasteiger partial charge in [0.25, 0.3) is 0 Å². The average molecular weight is 368 g/mol. The Bertz CT molecular complexity index is 1540. The molecule has 130 valence electrons. The topological polar surface area (TPSA) is 78.6 Å². The lowest BCUT2D eigenvalue weighted by Crippen LogP contribution is -2.03. The summed E-state index contributed by atoms with van der Waals surface area (Å²) in [6.45, 7) is 7.08. The zero-order valence-electron chi connectivity index (χ0n) is 13.9. The molecule has 0 aliphatic carbocycles. The Labute approximate surface area is 154 Å². The molecule has 8 heteroatoms. The minimum atomic E-state index is -0.471. The van der Waals surface area contributed by atoms with Crippen molar-refractivity contribution in [2.24, 2.45) is 10.1 Å². The fourth-order valence-electron chi connectivity index (χ4n) is 3.55. The van der Waals surface area contributed by atoms with Gasteiger partial charge in [-0.15, -0.1) is 4.95 Å². The molecule has 0 saturated carbocycles. The van der Waals surface area contributed by atoms with E-state index in [0.717, 1.165) is 0 Å². The van der Waals surface area contributed by atoms with Gasteiger partial charge in [0.05, 0.1) is 16.1 Å². The fourth-order valence-corrected chi connectivity index (χ4v) is 3.55. The molecular formula is C20H6F2N6. The largest absolute Gasteiger partial charge is 0.241 e. The second-order valence-electron chi connectivity index (χ2n) is 6.11. The molecule has 1 aromatic heterocycles. The molecule has 0 radical (unpaired) electrons. The van der Waals surface area contributed by atoms with Crippen LogP contribution in [0, 0.1) is 29.7 Å². The summed E-state index contributed by atoms with van der Waals surface area (Å²) in [5.74, 6) is -0.940. The Hall–Kier alpha value is -4.30. The van der Waals surface area contributed by atoms with E-state index in [4.69, 9.17) is 11.8 Å². The standard InChI is InChI=1S/C20H6F2N6/c1-24-28-18-14-7-10(22)3-5-12(14)17-20(18)27-16-11-4-2-9(21)6-13(11)15(25-8-23)19(16)26-17/h2-7H/b25-15?,28-18+. The highest BCUT2D eigenvalue weighted by Gasteiger charge is 2.19. The van der Waals surface area contributed by atoms with E-state index in [1.54, 1.807) is 12.3 Å². The third kappa shape index (κ3) is 2.03. The van der Waals surface area contributed by atoms with E-state index in [1.165, 1.54) is 30.3 Å². The molecule has 0 aliphatic heterocycles. The molecule has 5 rings (SSSR count). The summed E-state index contributed by atoms with van der Waals surface area (Å²) in [6.07, 6.45) is 1.72. The van der Waals surface area contributed by atoms with Gasteiger partial charge in [0.2, 0.25) is 6.19 Å². The first kappa shape index (κ1) is 15.9. The van der Waals surface area contributed by atoms with E-state index in [0.29, 0.717) is 43.6 Å². The first-order valence-electron chi connectivity index (χ1n) is 8.07. The number of rotatable bonds is 0. The zero-order valence-corrected chi connectivity index (χ0v) is 13.9. The van der Waals surface area contributed by atoms with Crippen LogP contribution < -0.4 is 10.7 Å². The molecule has 1 heterocycles. The lowest BCUT2D eigenvalue weighted by atomic mass is 10.2. The normalized spacial score (nSPS) is 13.0. The second-order valence-corrected chi connectivity index (χ2v) is 6.11. The molecule has 0 fully saturated rings. The van der Waals surface area contributed by atoms with E-state index in [9.17, 15) is 8.78 Å². The monoisotopic (exact) mass is 368 g/mol. The van der Waals surface area contributed by atoms with Gasteiger partial charge in [0, 0.05) is 21.5 Å².